The third-order valence-corrected chi connectivity index (χ3v) is 5.82. The Morgan fingerprint density at radius 3 is 2.59 bits per heavy atom. The normalized spacial score (nSPS) is 18.9. The van der Waals surface area contributed by atoms with Crippen molar-refractivity contribution >= 4 is 17.5 Å². The van der Waals surface area contributed by atoms with E-state index in [-0.39, 0.29) is 23.7 Å². The molecule has 2 aromatic rings. The Balaban J connectivity index is 1.43. The molecule has 2 aromatic carbocycles. The second-order valence-electron chi connectivity index (χ2n) is 8.08. The molecule has 29 heavy (non-hydrogen) atoms. The van der Waals surface area contributed by atoms with Crippen LogP contribution in [0.3, 0.4) is 0 Å². The van der Waals surface area contributed by atoms with Crippen molar-refractivity contribution < 1.29 is 14.3 Å². The number of nitrogens with one attached hydrogen (secondary N) is 1. The Hall–Kier alpha value is -2.82. The molecular weight excluding hydrogens is 364 g/mol. The molecule has 2 amide bonds. The van der Waals surface area contributed by atoms with Crippen LogP contribution in [-0.4, -0.2) is 36.9 Å². The number of amides is 2. The van der Waals surface area contributed by atoms with Gasteiger partial charge in [-0.2, -0.15) is 0 Å². The first-order valence-electron chi connectivity index (χ1n) is 10.4. The number of ether oxygens (including phenoxy) is 1. The van der Waals surface area contributed by atoms with Gasteiger partial charge in [0, 0.05) is 36.7 Å². The molecule has 1 atom stereocenters. The average Bonchev–Trinajstić information content (AvgIpc) is 3.60. The van der Waals surface area contributed by atoms with E-state index in [1.165, 1.54) is 5.56 Å². The lowest BCUT2D eigenvalue weighted by Crippen LogP contribution is -2.44. The molecule has 1 aliphatic carbocycles. The summed E-state index contributed by atoms with van der Waals surface area (Å²) in [6, 6.07) is 16.0. The summed E-state index contributed by atoms with van der Waals surface area (Å²) < 4.78 is 5.51. The quantitative estimate of drug-likeness (QED) is 0.812. The molecule has 5 heteroatoms. The predicted octanol–water partition coefficient (Wildman–Crippen LogP) is 3.87. The van der Waals surface area contributed by atoms with Crippen molar-refractivity contribution in [3.8, 4) is 5.75 Å². The maximum Gasteiger partial charge on any atom is 0.229 e. The molecular formula is C24H28N2O3. The van der Waals surface area contributed by atoms with Gasteiger partial charge in [0.1, 0.15) is 5.75 Å². The number of hydrogen-bond donors (Lipinski definition) is 1. The molecule has 1 unspecified atom stereocenters. The van der Waals surface area contributed by atoms with E-state index >= 15 is 0 Å². The van der Waals surface area contributed by atoms with Gasteiger partial charge in [-0.3, -0.25) is 9.59 Å². The van der Waals surface area contributed by atoms with Crippen LogP contribution in [0.5, 0.6) is 5.75 Å². The number of anilines is 1. The zero-order chi connectivity index (χ0) is 20.2. The Morgan fingerprint density at radius 1 is 1.07 bits per heavy atom. The number of carbonyl (C=O) groups is 2. The molecule has 1 saturated heterocycles. The van der Waals surface area contributed by atoms with Gasteiger partial charge < -0.3 is 15.0 Å². The molecule has 1 aliphatic heterocycles. The monoisotopic (exact) mass is 392 g/mol. The summed E-state index contributed by atoms with van der Waals surface area (Å²) in [5.74, 6) is 1.10. The van der Waals surface area contributed by atoms with E-state index in [0.29, 0.717) is 6.54 Å². The SMILES string of the molecule is COc1ccc(NC(=O)C2CCCN(C(=O)C3CC3)C2)cc1Cc1ccccc1. The summed E-state index contributed by atoms with van der Waals surface area (Å²) in [5.41, 5.74) is 2.99. The molecule has 1 heterocycles. The van der Waals surface area contributed by atoms with Crippen LogP contribution in [0.15, 0.2) is 48.5 Å². The molecule has 2 fully saturated rings. The lowest BCUT2D eigenvalue weighted by atomic mass is 9.96. The number of methoxy groups -OCH3 is 1. The maximum absolute atomic E-state index is 12.9. The van der Waals surface area contributed by atoms with Gasteiger partial charge >= 0.3 is 0 Å². The Labute approximate surface area is 172 Å². The van der Waals surface area contributed by atoms with Crippen molar-refractivity contribution in [2.45, 2.75) is 32.1 Å². The Bertz CT molecular complexity index is 877. The summed E-state index contributed by atoms with van der Waals surface area (Å²) in [5, 5.41) is 3.06. The highest BCUT2D eigenvalue weighted by atomic mass is 16.5. The maximum atomic E-state index is 12.9. The van der Waals surface area contributed by atoms with Crippen LogP contribution >= 0.6 is 0 Å². The fraction of sp³-hybridized carbons (Fsp3) is 0.417. The van der Waals surface area contributed by atoms with Crippen molar-refractivity contribution in [1.29, 1.82) is 0 Å². The third-order valence-electron chi connectivity index (χ3n) is 5.82. The van der Waals surface area contributed by atoms with Crippen molar-refractivity contribution in [2.75, 3.05) is 25.5 Å². The summed E-state index contributed by atoms with van der Waals surface area (Å²) in [7, 11) is 1.66. The predicted molar refractivity (Wildman–Crippen MR) is 113 cm³/mol. The van der Waals surface area contributed by atoms with Gasteiger partial charge in [0.05, 0.1) is 13.0 Å². The van der Waals surface area contributed by atoms with Crippen molar-refractivity contribution in [2.24, 2.45) is 11.8 Å². The van der Waals surface area contributed by atoms with Gasteiger partial charge in [-0.1, -0.05) is 30.3 Å². The average molecular weight is 392 g/mol. The van der Waals surface area contributed by atoms with E-state index in [1.54, 1.807) is 7.11 Å². The van der Waals surface area contributed by atoms with Crippen LogP contribution in [0.1, 0.15) is 36.8 Å². The summed E-state index contributed by atoms with van der Waals surface area (Å²) >= 11 is 0. The molecule has 4 rings (SSSR count). The van der Waals surface area contributed by atoms with Gasteiger partial charge in [0.2, 0.25) is 11.8 Å². The second kappa shape index (κ2) is 8.68. The molecule has 2 aliphatic rings. The lowest BCUT2D eigenvalue weighted by molar-refractivity contribution is -0.135. The van der Waals surface area contributed by atoms with Crippen molar-refractivity contribution in [1.82, 2.24) is 4.90 Å². The molecule has 0 spiro atoms. The molecule has 152 valence electrons. The zero-order valence-electron chi connectivity index (χ0n) is 16.9. The molecule has 0 radical (unpaired) electrons. The highest BCUT2D eigenvalue weighted by Crippen LogP contribution is 2.33. The summed E-state index contributed by atoms with van der Waals surface area (Å²) in [6.07, 6.45) is 4.46. The minimum Gasteiger partial charge on any atom is -0.496 e. The topological polar surface area (TPSA) is 58.6 Å². The number of nitrogens with zero attached hydrogens (tertiary/aromatic N) is 1. The highest BCUT2D eigenvalue weighted by molar-refractivity contribution is 5.93. The molecule has 5 nitrogen and oxygen atoms in total. The number of likely N-dealkylation sites (tertiary alicyclic amines) is 1. The first-order valence-corrected chi connectivity index (χ1v) is 10.4. The van der Waals surface area contributed by atoms with Gasteiger partial charge in [-0.15, -0.1) is 0 Å². The minimum absolute atomic E-state index is 0.00544. The number of piperidine rings is 1. The largest absolute Gasteiger partial charge is 0.496 e. The fourth-order valence-corrected chi connectivity index (χ4v) is 4.03. The number of hydrogen-bond acceptors (Lipinski definition) is 3. The first-order chi connectivity index (χ1) is 14.1. The number of rotatable bonds is 6. The standard InChI is InChI=1S/C24H28N2O3/c1-29-22-12-11-21(15-20(22)14-17-6-3-2-4-7-17)25-23(27)19-8-5-13-26(16-19)24(28)18-9-10-18/h2-4,6-7,11-12,15,18-19H,5,8-10,13-14,16H2,1H3,(H,25,27). The zero-order valence-corrected chi connectivity index (χ0v) is 16.9. The molecule has 0 bridgehead atoms. The van der Waals surface area contributed by atoms with Crippen molar-refractivity contribution in [3.63, 3.8) is 0 Å². The molecule has 1 N–H and O–H groups in total. The van der Waals surface area contributed by atoms with Crippen LogP contribution in [0.2, 0.25) is 0 Å². The minimum atomic E-state index is -0.147. The third kappa shape index (κ3) is 4.78. The van der Waals surface area contributed by atoms with Crippen LogP contribution in [0, 0.1) is 11.8 Å². The Kier molecular flexibility index (Phi) is 5.84. The van der Waals surface area contributed by atoms with E-state index in [0.717, 1.165) is 55.6 Å². The molecule has 1 saturated carbocycles. The van der Waals surface area contributed by atoms with Gasteiger partial charge in [-0.25, -0.2) is 0 Å². The van der Waals surface area contributed by atoms with Crippen LogP contribution < -0.4 is 10.1 Å². The number of carbonyl (C=O) groups excluding carboxylic acids is 2. The van der Waals surface area contributed by atoms with E-state index in [1.807, 2.05) is 41.3 Å². The van der Waals surface area contributed by atoms with E-state index in [9.17, 15) is 9.59 Å². The number of benzene rings is 2. The van der Waals surface area contributed by atoms with Crippen molar-refractivity contribution in [3.05, 3.63) is 59.7 Å². The van der Waals surface area contributed by atoms with Gasteiger partial charge in [-0.05, 0) is 49.4 Å². The highest BCUT2D eigenvalue weighted by Gasteiger charge is 2.36. The van der Waals surface area contributed by atoms with E-state index in [4.69, 9.17) is 4.74 Å². The Morgan fingerprint density at radius 2 is 1.86 bits per heavy atom. The summed E-state index contributed by atoms with van der Waals surface area (Å²) in [4.78, 5) is 27.1. The second-order valence-corrected chi connectivity index (χ2v) is 8.08. The fourth-order valence-electron chi connectivity index (χ4n) is 4.03. The van der Waals surface area contributed by atoms with Crippen LogP contribution in [0.25, 0.3) is 0 Å². The summed E-state index contributed by atoms with van der Waals surface area (Å²) in [6.45, 7) is 1.32. The van der Waals surface area contributed by atoms with Crippen LogP contribution in [0.4, 0.5) is 5.69 Å². The van der Waals surface area contributed by atoms with Crippen LogP contribution in [-0.2, 0) is 16.0 Å². The van der Waals surface area contributed by atoms with Gasteiger partial charge in [0.25, 0.3) is 0 Å². The molecule has 0 aromatic heterocycles. The van der Waals surface area contributed by atoms with E-state index < -0.39 is 0 Å². The van der Waals surface area contributed by atoms with Gasteiger partial charge in [0.15, 0.2) is 0 Å². The smallest absolute Gasteiger partial charge is 0.229 e. The van der Waals surface area contributed by atoms with E-state index in [2.05, 4.69) is 17.4 Å². The lowest BCUT2D eigenvalue weighted by Gasteiger charge is -2.32. The first kappa shape index (κ1) is 19.5.